The molecule has 21 heavy (non-hydrogen) atoms. The summed E-state index contributed by atoms with van der Waals surface area (Å²) in [6, 6.07) is 5.60. The van der Waals surface area contributed by atoms with E-state index >= 15 is 0 Å². The molecule has 1 amide bonds. The second-order valence-electron chi connectivity index (χ2n) is 5.78. The Hall–Kier alpha value is -1.56. The number of rotatable bonds is 1. The fraction of sp³-hybridized carbons (Fsp3) is 0.533. The van der Waals surface area contributed by atoms with Crippen molar-refractivity contribution in [1.82, 2.24) is 10.6 Å². The molecule has 6 heteroatoms. The highest BCUT2D eigenvalue weighted by Gasteiger charge is 2.52. The van der Waals surface area contributed by atoms with E-state index < -0.39 is 23.1 Å². The van der Waals surface area contributed by atoms with Crippen LogP contribution >= 0.6 is 0 Å². The summed E-state index contributed by atoms with van der Waals surface area (Å²) in [5.74, 6) is -0.563. The first-order valence-electron chi connectivity index (χ1n) is 7.10. The lowest BCUT2D eigenvalue weighted by molar-refractivity contribution is -0.139. The fourth-order valence-corrected chi connectivity index (χ4v) is 3.61. The first-order valence-corrected chi connectivity index (χ1v) is 7.10. The van der Waals surface area contributed by atoms with E-state index in [1.54, 1.807) is 6.07 Å². The molecule has 2 aliphatic rings. The van der Waals surface area contributed by atoms with Crippen LogP contribution in [0.4, 0.5) is 13.2 Å². The maximum atomic E-state index is 13.2. The van der Waals surface area contributed by atoms with Crippen LogP contribution in [0.1, 0.15) is 29.9 Å². The van der Waals surface area contributed by atoms with Gasteiger partial charge in [0.15, 0.2) is 0 Å². The second kappa shape index (κ2) is 5.02. The van der Waals surface area contributed by atoms with Crippen molar-refractivity contribution in [1.29, 1.82) is 0 Å². The van der Waals surface area contributed by atoms with Crippen LogP contribution in [-0.2, 0) is 11.0 Å². The van der Waals surface area contributed by atoms with E-state index in [-0.39, 0.29) is 18.0 Å². The van der Waals surface area contributed by atoms with Gasteiger partial charge in [0.2, 0.25) is 5.91 Å². The summed E-state index contributed by atoms with van der Waals surface area (Å²) in [7, 11) is 0. The summed E-state index contributed by atoms with van der Waals surface area (Å²) in [5, 5.41) is 5.92. The molecule has 2 unspecified atom stereocenters. The van der Waals surface area contributed by atoms with Crippen molar-refractivity contribution < 1.29 is 18.0 Å². The van der Waals surface area contributed by atoms with Gasteiger partial charge >= 0.3 is 6.18 Å². The van der Waals surface area contributed by atoms with Gasteiger partial charge in [-0.05, 0) is 31.0 Å². The zero-order valence-electron chi connectivity index (χ0n) is 11.5. The van der Waals surface area contributed by atoms with Crippen molar-refractivity contribution in [2.75, 3.05) is 19.6 Å². The number of carbonyl (C=O) groups excluding carboxylic acids is 1. The predicted octanol–water partition coefficient (Wildman–Crippen LogP) is 2.29. The van der Waals surface area contributed by atoms with Crippen molar-refractivity contribution in [3.63, 3.8) is 0 Å². The topological polar surface area (TPSA) is 41.1 Å². The quantitative estimate of drug-likeness (QED) is 0.835. The van der Waals surface area contributed by atoms with E-state index in [4.69, 9.17) is 0 Å². The molecule has 2 heterocycles. The van der Waals surface area contributed by atoms with E-state index in [1.807, 2.05) is 0 Å². The van der Waals surface area contributed by atoms with Crippen LogP contribution in [0.5, 0.6) is 0 Å². The number of halogens is 3. The van der Waals surface area contributed by atoms with Gasteiger partial charge in [-0.15, -0.1) is 0 Å². The number of piperidine rings is 1. The summed E-state index contributed by atoms with van der Waals surface area (Å²) < 4.78 is 39.7. The lowest BCUT2D eigenvalue weighted by Crippen LogP contribution is -2.47. The van der Waals surface area contributed by atoms with E-state index in [2.05, 4.69) is 10.6 Å². The van der Waals surface area contributed by atoms with Crippen LogP contribution in [0.15, 0.2) is 24.3 Å². The Balaban J connectivity index is 2.06. The Morgan fingerprint density at radius 1 is 1.24 bits per heavy atom. The van der Waals surface area contributed by atoms with Crippen molar-refractivity contribution in [2.45, 2.75) is 24.9 Å². The van der Waals surface area contributed by atoms with Gasteiger partial charge in [-0.25, -0.2) is 0 Å². The largest absolute Gasteiger partial charge is 0.416 e. The third kappa shape index (κ3) is 2.31. The minimum absolute atomic E-state index is 0.128. The zero-order chi connectivity index (χ0) is 15.1. The Bertz CT molecular complexity index is 550. The number of alkyl halides is 3. The first kappa shape index (κ1) is 14.4. The number of amides is 1. The molecule has 1 aromatic rings. The molecule has 2 aliphatic heterocycles. The van der Waals surface area contributed by atoms with Crippen LogP contribution in [0, 0.1) is 5.41 Å². The van der Waals surface area contributed by atoms with Crippen LogP contribution < -0.4 is 10.6 Å². The lowest BCUT2D eigenvalue weighted by atomic mass is 9.68. The highest BCUT2D eigenvalue weighted by atomic mass is 19.4. The monoisotopic (exact) mass is 298 g/mol. The van der Waals surface area contributed by atoms with E-state index in [1.165, 1.54) is 12.1 Å². The van der Waals surface area contributed by atoms with Gasteiger partial charge in [-0.3, -0.25) is 4.79 Å². The molecule has 0 saturated carbocycles. The molecule has 0 aliphatic carbocycles. The maximum Gasteiger partial charge on any atom is 0.416 e. The normalized spacial score (nSPS) is 29.7. The van der Waals surface area contributed by atoms with Crippen LogP contribution in [-0.4, -0.2) is 25.5 Å². The molecule has 0 radical (unpaired) electrons. The number of hydrogen-bond donors (Lipinski definition) is 2. The molecule has 0 bridgehead atoms. The van der Waals surface area contributed by atoms with Gasteiger partial charge in [0, 0.05) is 19.0 Å². The van der Waals surface area contributed by atoms with Crippen molar-refractivity contribution >= 4 is 5.91 Å². The van der Waals surface area contributed by atoms with Crippen LogP contribution in [0.2, 0.25) is 0 Å². The smallest absolute Gasteiger partial charge is 0.355 e. The van der Waals surface area contributed by atoms with Crippen LogP contribution in [0.3, 0.4) is 0 Å². The van der Waals surface area contributed by atoms with Crippen LogP contribution in [0.25, 0.3) is 0 Å². The Morgan fingerprint density at radius 2 is 2.00 bits per heavy atom. The average Bonchev–Trinajstić information content (AvgIpc) is 2.76. The van der Waals surface area contributed by atoms with E-state index in [0.29, 0.717) is 13.0 Å². The molecule has 3 rings (SSSR count). The number of nitrogens with one attached hydrogen (secondary N) is 2. The van der Waals surface area contributed by atoms with Gasteiger partial charge in [-0.2, -0.15) is 13.2 Å². The number of hydrogen-bond acceptors (Lipinski definition) is 2. The highest BCUT2D eigenvalue weighted by molar-refractivity contribution is 5.87. The Morgan fingerprint density at radius 3 is 2.67 bits per heavy atom. The van der Waals surface area contributed by atoms with Crippen molar-refractivity contribution in [2.24, 2.45) is 5.41 Å². The average molecular weight is 298 g/mol. The molecule has 3 nitrogen and oxygen atoms in total. The highest BCUT2D eigenvalue weighted by Crippen LogP contribution is 2.47. The molecule has 0 aromatic heterocycles. The third-order valence-electron chi connectivity index (χ3n) is 4.64. The Labute approximate surface area is 120 Å². The van der Waals surface area contributed by atoms with Gasteiger partial charge in [-0.1, -0.05) is 18.2 Å². The molecule has 1 spiro atoms. The second-order valence-corrected chi connectivity index (χ2v) is 5.78. The summed E-state index contributed by atoms with van der Waals surface area (Å²) in [4.78, 5) is 12.3. The standard InChI is InChI=1S/C15H17F3N2O/c16-15(17,18)11-5-2-1-4-10(11)12-8-20-13(21)14(12)6-3-7-19-9-14/h1-2,4-5,12,19H,3,6-9H2,(H,20,21). The zero-order valence-corrected chi connectivity index (χ0v) is 11.5. The van der Waals surface area contributed by atoms with Gasteiger partial charge in [0.25, 0.3) is 0 Å². The summed E-state index contributed by atoms with van der Waals surface area (Å²) in [6.45, 7) is 1.52. The fourth-order valence-electron chi connectivity index (χ4n) is 3.61. The molecule has 114 valence electrons. The molecular weight excluding hydrogens is 281 g/mol. The lowest BCUT2D eigenvalue weighted by Gasteiger charge is -2.37. The molecule has 2 atom stereocenters. The van der Waals surface area contributed by atoms with Crippen molar-refractivity contribution in [3.05, 3.63) is 35.4 Å². The van der Waals surface area contributed by atoms with Gasteiger partial charge < -0.3 is 10.6 Å². The minimum Gasteiger partial charge on any atom is -0.355 e. The SMILES string of the molecule is O=C1NCC(c2ccccc2C(F)(F)F)C12CCCNC2. The predicted molar refractivity (Wildman–Crippen MR) is 71.7 cm³/mol. The first-order chi connectivity index (χ1) is 9.95. The van der Waals surface area contributed by atoms with E-state index in [9.17, 15) is 18.0 Å². The van der Waals surface area contributed by atoms with Gasteiger partial charge in [0.05, 0.1) is 11.0 Å². The van der Waals surface area contributed by atoms with Crippen molar-refractivity contribution in [3.8, 4) is 0 Å². The molecule has 2 N–H and O–H groups in total. The van der Waals surface area contributed by atoms with E-state index in [0.717, 1.165) is 19.0 Å². The molecular formula is C15H17F3N2O. The van der Waals surface area contributed by atoms with Gasteiger partial charge in [0.1, 0.15) is 0 Å². The number of benzene rings is 1. The Kier molecular flexibility index (Phi) is 3.43. The summed E-state index contributed by atoms with van der Waals surface area (Å²) >= 11 is 0. The summed E-state index contributed by atoms with van der Waals surface area (Å²) in [6.07, 6.45) is -2.97. The summed E-state index contributed by atoms with van der Waals surface area (Å²) in [5.41, 5.74) is -1.15. The molecule has 2 saturated heterocycles. The maximum absolute atomic E-state index is 13.2. The molecule has 2 fully saturated rings. The minimum atomic E-state index is -4.40. The molecule has 1 aromatic carbocycles. The third-order valence-corrected chi connectivity index (χ3v) is 4.64. The number of carbonyl (C=O) groups is 1.